The Morgan fingerprint density at radius 2 is 2.07 bits per heavy atom. The van der Waals surface area contributed by atoms with Gasteiger partial charge in [0.1, 0.15) is 0 Å². The van der Waals surface area contributed by atoms with Crippen LogP contribution in [0.5, 0.6) is 0 Å². The minimum Gasteiger partial charge on any atom is -0.450 e. The average molecular weight is 225 g/mol. The van der Waals surface area contributed by atoms with Crippen LogP contribution in [-0.4, -0.2) is 44.8 Å². The third kappa shape index (κ3) is 11.5. The largest absolute Gasteiger partial charge is 0.450 e. The monoisotopic (exact) mass is 224 g/mol. The summed E-state index contributed by atoms with van der Waals surface area (Å²) in [5.41, 5.74) is 0. The number of ether oxygens (including phenoxy) is 1. The fourth-order valence-corrected chi connectivity index (χ4v) is 0.824. The highest BCUT2D eigenvalue weighted by molar-refractivity contribution is 5.85. The van der Waals surface area contributed by atoms with Crippen LogP contribution in [0.3, 0.4) is 0 Å². The zero-order valence-electron chi connectivity index (χ0n) is 9.21. The van der Waals surface area contributed by atoms with Crippen molar-refractivity contribution >= 4 is 18.5 Å². The highest BCUT2D eigenvalue weighted by atomic mass is 35.5. The van der Waals surface area contributed by atoms with Gasteiger partial charge in [-0.3, -0.25) is 0 Å². The first-order chi connectivity index (χ1) is 6.16. The van der Waals surface area contributed by atoms with Crippen molar-refractivity contribution in [2.75, 3.05) is 33.8 Å². The van der Waals surface area contributed by atoms with Crippen molar-refractivity contribution in [2.24, 2.45) is 0 Å². The van der Waals surface area contributed by atoms with Gasteiger partial charge in [0.05, 0.1) is 6.61 Å². The normalized spacial score (nSPS) is 9.43. The van der Waals surface area contributed by atoms with Gasteiger partial charge >= 0.3 is 6.09 Å². The van der Waals surface area contributed by atoms with Crippen LogP contribution in [0.1, 0.15) is 19.8 Å². The Balaban J connectivity index is 0. The van der Waals surface area contributed by atoms with Gasteiger partial charge in [0, 0.05) is 13.1 Å². The predicted octanol–water partition coefficient (Wildman–Crippen LogP) is 1.50. The van der Waals surface area contributed by atoms with E-state index in [1.807, 2.05) is 21.0 Å². The first kappa shape index (κ1) is 16.0. The zero-order valence-corrected chi connectivity index (χ0v) is 10.0. The molecule has 0 radical (unpaired) electrons. The van der Waals surface area contributed by atoms with Crippen molar-refractivity contribution in [3.8, 4) is 0 Å². The maximum atomic E-state index is 10.9. The molecular formula is C9H21ClN2O2. The molecule has 4 nitrogen and oxygen atoms in total. The second kappa shape index (κ2) is 10.6. The van der Waals surface area contributed by atoms with Crippen LogP contribution >= 0.6 is 12.4 Å². The molecule has 0 aliphatic rings. The molecule has 14 heavy (non-hydrogen) atoms. The molecule has 0 aromatic heterocycles. The quantitative estimate of drug-likeness (QED) is 0.696. The topological polar surface area (TPSA) is 41.6 Å². The molecule has 0 atom stereocenters. The van der Waals surface area contributed by atoms with E-state index in [9.17, 15) is 4.79 Å². The molecular weight excluding hydrogens is 204 g/mol. The summed E-state index contributed by atoms with van der Waals surface area (Å²) in [4.78, 5) is 13.0. The molecule has 0 unspecified atom stereocenters. The Hall–Kier alpha value is -0.480. The maximum absolute atomic E-state index is 10.9. The molecule has 0 fully saturated rings. The maximum Gasteiger partial charge on any atom is 0.407 e. The standard InChI is InChI=1S/C9H20N2O2.ClH/c1-4-6-10-9(12)13-8-5-7-11(2)3;/h4-8H2,1-3H3,(H,10,12);1H. The van der Waals surface area contributed by atoms with Crippen molar-refractivity contribution in [3.63, 3.8) is 0 Å². The number of alkyl carbamates (subject to hydrolysis) is 1. The Bertz CT molecular complexity index is 143. The van der Waals surface area contributed by atoms with E-state index >= 15 is 0 Å². The minimum atomic E-state index is -0.305. The number of nitrogens with one attached hydrogen (secondary N) is 1. The molecule has 1 amide bonds. The van der Waals surface area contributed by atoms with E-state index in [1.165, 1.54) is 0 Å². The van der Waals surface area contributed by atoms with Gasteiger partial charge in [-0.1, -0.05) is 6.92 Å². The third-order valence-corrected chi connectivity index (χ3v) is 1.50. The van der Waals surface area contributed by atoms with Crippen molar-refractivity contribution in [1.29, 1.82) is 0 Å². The number of halogens is 1. The molecule has 0 aromatic carbocycles. The SMILES string of the molecule is CCCNC(=O)OCCCN(C)C.Cl. The molecule has 0 saturated carbocycles. The van der Waals surface area contributed by atoms with Gasteiger partial charge in [0.25, 0.3) is 0 Å². The third-order valence-electron chi connectivity index (χ3n) is 1.50. The molecule has 0 heterocycles. The average Bonchev–Trinajstić information content (AvgIpc) is 2.08. The van der Waals surface area contributed by atoms with E-state index in [4.69, 9.17) is 4.74 Å². The van der Waals surface area contributed by atoms with Crippen molar-refractivity contribution in [2.45, 2.75) is 19.8 Å². The van der Waals surface area contributed by atoms with Gasteiger partial charge in [-0.15, -0.1) is 12.4 Å². The van der Waals surface area contributed by atoms with Crippen molar-refractivity contribution < 1.29 is 9.53 Å². The van der Waals surface area contributed by atoms with Crippen LogP contribution in [0.4, 0.5) is 4.79 Å². The predicted molar refractivity (Wildman–Crippen MR) is 60.1 cm³/mol. The lowest BCUT2D eigenvalue weighted by Gasteiger charge is -2.09. The second-order valence-electron chi connectivity index (χ2n) is 3.22. The molecule has 0 bridgehead atoms. The van der Waals surface area contributed by atoms with E-state index in [1.54, 1.807) is 0 Å². The van der Waals surface area contributed by atoms with Crippen LogP contribution in [0, 0.1) is 0 Å². The summed E-state index contributed by atoms with van der Waals surface area (Å²) < 4.78 is 4.92. The van der Waals surface area contributed by atoms with Gasteiger partial charge in [0.2, 0.25) is 0 Å². The lowest BCUT2D eigenvalue weighted by Crippen LogP contribution is -2.26. The number of carbonyl (C=O) groups is 1. The fraction of sp³-hybridized carbons (Fsp3) is 0.889. The van der Waals surface area contributed by atoms with E-state index in [-0.39, 0.29) is 18.5 Å². The second-order valence-corrected chi connectivity index (χ2v) is 3.22. The van der Waals surface area contributed by atoms with Crippen LogP contribution < -0.4 is 5.32 Å². The lowest BCUT2D eigenvalue weighted by atomic mass is 10.4. The fourth-order valence-electron chi connectivity index (χ4n) is 0.824. The molecule has 5 heteroatoms. The van der Waals surface area contributed by atoms with Crippen molar-refractivity contribution in [1.82, 2.24) is 10.2 Å². The Morgan fingerprint density at radius 3 is 2.57 bits per heavy atom. The minimum absolute atomic E-state index is 0. The summed E-state index contributed by atoms with van der Waals surface area (Å²) in [6, 6.07) is 0. The van der Waals surface area contributed by atoms with Gasteiger partial charge in [0.15, 0.2) is 0 Å². The van der Waals surface area contributed by atoms with Gasteiger partial charge in [-0.25, -0.2) is 4.79 Å². The Morgan fingerprint density at radius 1 is 1.43 bits per heavy atom. The van der Waals surface area contributed by atoms with E-state index in [2.05, 4.69) is 10.2 Å². The highest BCUT2D eigenvalue weighted by Gasteiger charge is 1.99. The first-order valence-corrected chi connectivity index (χ1v) is 4.72. The van der Waals surface area contributed by atoms with E-state index in [0.29, 0.717) is 13.2 Å². The number of hydrogen-bond acceptors (Lipinski definition) is 3. The molecule has 0 spiro atoms. The molecule has 0 rings (SSSR count). The van der Waals surface area contributed by atoms with Crippen molar-refractivity contribution in [3.05, 3.63) is 0 Å². The number of nitrogens with zero attached hydrogens (tertiary/aromatic N) is 1. The summed E-state index contributed by atoms with van der Waals surface area (Å²) in [7, 11) is 3.99. The number of carbonyl (C=O) groups excluding carboxylic acids is 1. The van der Waals surface area contributed by atoms with Crippen LogP contribution in [0.25, 0.3) is 0 Å². The highest BCUT2D eigenvalue weighted by Crippen LogP contribution is 1.86. The van der Waals surface area contributed by atoms with Gasteiger partial charge in [-0.2, -0.15) is 0 Å². The molecule has 0 aliphatic heterocycles. The van der Waals surface area contributed by atoms with Crippen LogP contribution in [-0.2, 0) is 4.74 Å². The molecule has 0 aliphatic carbocycles. The molecule has 0 aromatic rings. The first-order valence-electron chi connectivity index (χ1n) is 4.72. The number of hydrogen-bond donors (Lipinski definition) is 1. The zero-order chi connectivity index (χ0) is 10.1. The van der Waals surface area contributed by atoms with Gasteiger partial charge < -0.3 is 15.0 Å². The molecule has 1 N–H and O–H groups in total. The van der Waals surface area contributed by atoms with E-state index < -0.39 is 0 Å². The number of amides is 1. The molecule has 0 saturated heterocycles. The summed E-state index contributed by atoms with van der Waals surface area (Å²) in [5, 5.41) is 2.65. The Labute approximate surface area is 92.4 Å². The smallest absolute Gasteiger partial charge is 0.407 e. The summed E-state index contributed by atoms with van der Waals surface area (Å²) in [5.74, 6) is 0. The van der Waals surface area contributed by atoms with E-state index in [0.717, 1.165) is 19.4 Å². The van der Waals surface area contributed by atoms with Crippen LogP contribution in [0.15, 0.2) is 0 Å². The van der Waals surface area contributed by atoms with Crippen LogP contribution in [0.2, 0.25) is 0 Å². The summed E-state index contributed by atoms with van der Waals surface area (Å²) in [6.07, 6.45) is 1.51. The Kier molecular flexibility index (Phi) is 12.1. The summed E-state index contributed by atoms with van der Waals surface area (Å²) in [6.45, 7) is 4.13. The van der Waals surface area contributed by atoms with Gasteiger partial charge in [-0.05, 0) is 26.9 Å². The summed E-state index contributed by atoms with van der Waals surface area (Å²) >= 11 is 0. The lowest BCUT2D eigenvalue weighted by molar-refractivity contribution is 0.141. The molecule has 86 valence electrons. The number of rotatable bonds is 6.